The molecule has 0 saturated heterocycles. The van der Waals surface area contributed by atoms with Gasteiger partial charge in [0.2, 0.25) is 0 Å². The fourth-order valence-corrected chi connectivity index (χ4v) is 2.54. The number of nitrogens with one attached hydrogen (secondary N) is 3. The molecule has 2 aromatic rings. The molecule has 8 heteroatoms. The van der Waals surface area contributed by atoms with Crippen molar-refractivity contribution >= 4 is 29.1 Å². The molecule has 0 saturated carbocycles. The summed E-state index contributed by atoms with van der Waals surface area (Å²) in [7, 11) is 0. The Bertz CT molecular complexity index is 856. The fourth-order valence-electron chi connectivity index (χ4n) is 2.40. The highest BCUT2D eigenvalue weighted by Gasteiger charge is 2.10. The van der Waals surface area contributed by atoms with Gasteiger partial charge in [-0.15, -0.1) is 0 Å². The minimum atomic E-state index is -0.433. The number of benzene rings is 2. The molecule has 0 aromatic heterocycles. The molecule has 0 atom stereocenters. The van der Waals surface area contributed by atoms with Crippen LogP contribution >= 0.6 is 12.2 Å². The van der Waals surface area contributed by atoms with E-state index in [1.165, 1.54) is 5.56 Å². The fraction of sp³-hybridized carbons (Fsp3) is 0.318. The van der Waals surface area contributed by atoms with Crippen molar-refractivity contribution in [2.75, 3.05) is 13.2 Å². The molecule has 0 aliphatic heterocycles. The summed E-state index contributed by atoms with van der Waals surface area (Å²) in [5.74, 6) is 0.374. The highest BCUT2D eigenvalue weighted by molar-refractivity contribution is 7.80. The number of thiocarbonyl (C=S) groups is 1. The Morgan fingerprint density at radius 1 is 0.967 bits per heavy atom. The summed E-state index contributed by atoms with van der Waals surface area (Å²) in [4.78, 5) is 24.2. The van der Waals surface area contributed by atoms with Crippen LogP contribution in [0.25, 0.3) is 0 Å². The van der Waals surface area contributed by atoms with Gasteiger partial charge in [-0.2, -0.15) is 0 Å². The number of amides is 2. The van der Waals surface area contributed by atoms with Crippen LogP contribution in [-0.2, 0) is 11.2 Å². The Balaban J connectivity index is 1.73. The molecule has 0 aliphatic rings. The summed E-state index contributed by atoms with van der Waals surface area (Å²) in [6, 6.07) is 14.3. The van der Waals surface area contributed by atoms with Crippen LogP contribution in [0.2, 0.25) is 0 Å². The Morgan fingerprint density at radius 2 is 1.73 bits per heavy atom. The van der Waals surface area contributed by atoms with E-state index in [2.05, 4.69) is 30.0 Å². The summed E-state index contributed by atoms with van der Waals surface area (Å²) < 4.78 is 11.0. The molecule has 0 unspecified atom stereocenters. The van der Waals surface area contributed by atoms with Gasteiger partial charge in [-0.05, 0) is 61.0 Å². The maximum absolute atomic E-state index is 12.3. The summed E-state index contributed by atoms with van der Waals surface area (Å²) in [6.07, 6.45) is 2.91. The van der Waals surface area contributed by atoms with E-state index in [1.54, 1.807) is 24.3 Å². The first-order valence-electron chi connectivity index (χ1n) is 9.86. The second kappa shape index (κ2) is 12.4. The van der Waals surface area contributed by atoms with E-state index in [0.29, 0.717) is 23.7 Å². The molecular weight excluding hydrogens is 402 g/mol. The van der Waals surface area contributed by atoms with Gasteiger partial charge in [-0.3, -0.25) is 25.8 Å². The lowest BCUT2D eigenvalue weighted by Crippen LogP contribution is -2.49. The van der Waals surface area contributed by atoms with Gasteiger partial charge in [0, 0.05) is 5.56 Å². The van der Waals surface area contributed by atoms with Crippen LogP contribution < -0.4 is 25.6 Å². The van der Waals surface area contributed by atoms with Crippen LogP contribution in [0.15, 0.2) is 48.5 Å². The smallest absolute Gasteiger partial charge is 0.276 e. The third-order valence-corrected chi connectivity index (χ3v) is 4.31. The van der Waals surface area contributed by atoms with E-state index in [0.717, 1.165) is 19.3 Å². The largest absolute Gasteiger partial charge is 0.494 e. The zero-order valence-corrected chi connectivity index (χ0v) is 18.0. The van der Waals surface area contributed by atoms with Crippen LogP contribution in [0.3, 0.4) is 0 Å². The lowest BCUT2D eigenvalue weighted by Gasteiger charge is -2.12. The Labute approximate surface area is 182 Å². The zero-order valence-electron chi connectivity index (χ0n) is 17.2. The number of hydrogen-bond donors (Lipinski definition) is 3. The van der Waals surface area contributed by atoms with Crippen molar-refractivity contribution < 1.29 is 19.1 Å². The molecule has 0 heterocycles. The maximum atomic E-state index is 12.3. The quantitative estimate of drug-likeness (QED) is 0.322. The number of hydrogen-bond acceptors (Lipinski definition) is 5. The van der Waals surface area contributed by atoms with Crippen molar-refractivity contribution in [2.24, 2.45) is 0 Å². The third-order valence-electron chi connectivity index (χ3n) is 4.11. The van der Waals surface area contributed by atoms with Gasteiger partial charge in [-0.25, -0.2) is 0 Å². The van der Waals surface area contributed by atoms with Gasteiger partial charge in [0.05, 0.1) is 6.61 Å². The molecule has 0 fully saturated rings. The van der Waals surface area contributed by atoms with Crippen molar-refractivity contribution in [1.29, 1.82) is 0 Å². The maximum Gasteiger partial charge on any atom is 0.276 e. The van der Waals surface area contributed by atoms with E-state index in [1.807, 2.05) is 24.3 Å². The monoisotopic (exact) mass is 429 g/mol. The summed E-state index contributed by atoms with van der Waals surface area (Å²) in [6.45, 7) is 4.55. The van der Waals surface area contributed by atoms with Crippen LogP contribution in [0, 0.1) is 0 Å². The predicted octanol–water partition coefficient (Wildman–Crippen LogP) is 3.14. The van der Waals surface area contributed by atoms with Gasteiger partial charge < -0.3 is 9.47 Å². The highest BCUT2D eigenvalue weighted by atomic mass is 32.1. The minimum absolute atomic E-state index is 0.0297. The van der Waals surface area contributed by atoms with Crippen molar-refractivity contribution in [3.05, 3.63) is 59.7 Å². The molecule has 3 N–H and O–H groups in total. The van der Waals surface area contributed by atoms with Gasteiger partial charge in [0.1, 0.15) is 11.5 Å². The van der Waals surface area contributed by atoms with E-state index >= 15 is 0 Å². The van der Waals surface area contributed by atoms with Gasteiger partial charge in [0.15, 0.2) is 11.7 Å². The average molecular weight is 430 g/mol. The lowest BCUT2D eigenvalue weighted by molar-refractivity contribution is -0.123. The molecule has 0 aliphatic carbocycles. The summed E-state index contributed by atoms with van der Waals surface area (Å²) in [5.41, 5.74) is 6.45. The number of rotatable bonds is 9. The zero-order chi connectivity index (χ0) is 21.8. The van der Waals surface area contributed by atoms with Gasteiger partial charge in [0.25, 0.3) is 11.8 Å². The molecule has 160 valence electrons. The average Bonchev–Trinajstić information content (AvgIpc) is 2.77. The first-order valence-corrected chi connectivity index (χ1v) is 10.3. The predicted molar refractivity (Wildman–Crippen MR) is 120 cm³/mol. The Morgan fingerprint density at radius 3 is 2.43 bits per heavy atom. The Hall–Kier alpha value is -3.13. The number of carbonyl (C=O) groups is 2. The van der Waals surface area contributed by atoms with Crippen molar-refractivity contribution in [1.82, 2.24) is 16.2 Å². The molecule has 2 amide bonds. The molecule has 0 radical (unpaired) electrons. The number of aryl methyl sites for hydroxylation is 1. The van der Waals surface area contributed by atoms with Gasteiger partial charge >= 0.3 is 0 Å². The molecule has 2 rings (SSSR count). The Kier molecular flexibility index (Phi) is 9.60. The topological polar surface area (TPSA) is 88.7 Å². The van der Waals surface area contributed by atoms with Crippen molar-refractivity contribution in [2.45, 2.75) is 33.1 Å². The number of ether oxygens (including phenoxy) is 2. The van der Waals surface area contributed by atoms with Crippen LogP contribution in [0.5, 0.6) is 11.5 Å². The van der Waals surface area contributed by atoms with E-state index in [9.17, 15) is 9.59 Å². The second-order valence-electron chi connectivity index (χ2n) is 6.47. The van der Waals surface area contributed by atoms with Crippen molar-refractivity contribution in [3.63, 3.8) is 0 Å². The normalized spacial score (nSPS) is 10.1. The molecule has 0 bridgehead atoms. The first-order chi connectivity index (χ1) is 14.5. The molecule has 30 heavy (non-hydrogen) atoms. The molecular formula is C22H27N3O4S. The van der Waals surface area contributed by atoms with E-state index < -0.39 is 11.8 Å². The minimum Gasteiger partial charge on any atom is -0.494 e. The molecule has 2 aromatic carbocycles. The second-order valence-corrected chi connectivity index (χ2v) is 6.88. The number of carbonyl (C=O) groups excluding carboxylic acids is 2. The van der Waals surface area contributed by atoms with E-state index in [4.69, 9.17) is 21.7 Å². The lowest BCUT2D eigenvalue weighted by atomic mass is 10.2. The highest BCUT2D eigenvalue weighted by Crippen LogP contribution is 2.14. The number of unbranched alkanes of at least 4 members (excludes halogenated alkanes) is 1. The number of hydrazine groups is 1. The van der Waals surface area contributed by atoms with E-state index in [-0.39, 0.29) is 11.7 Å². The SMILES string of the molecule is CCCCOc1cccc(C(=O)NC(=S)NNC(=O)COc2ccc(CC)cc2)c1. The van der Waals surface area contributed by atoms with Crippen molar-refractivity contribution in [3.8, 4) is 11.5 Å². The summed E-state index contributed by atoms with van der Waals surface area (Å²) in [5, 5.41) is 2.47. The first kappa shape index (κ1) is 23.2. The van der Waals surface area contributed by atoms with Gasteiger partial charge in [-0.1, -0.05) is 38.5 Å². The third kappa shape index (κ3) is 8.08. The summed E-state index contributed by atoms with van der Waals surface area (Å²) >= 11 is 5.04. The van der Waals surface area contributed by atoms with Crippen LogP contribution in [0.1, 0.15) is 42.6 Å². The standard InChI is InChI=1S/C22H27N3O4S/c1-3-5-13-28-19-8-6-7-17(14-19)21(27)23-22(30)25-24-20(26)15-29-18-11-9-16(4-2)10-12-18/h6-12,14H,3-5,13,15H2,1-2H3,(H,24,26)(H2,23,25,27,30). The van der Waals surface area contributed by atoms with Crippen LogP contribution in [-0.4, -0.2) is 30.1 Å². The van der Waals surface area contributed by atoms with Crippen LogP contribution in [0.4, 0.5) is 0 Å². The molecule has 7 nitrogen and oxygen atoms in total. The molecule has 0 spiro atoms.